The lowest BCUT2D eigenvalue weighted by atomic mass is 10.1. The number of ether oxygens (including phenoxy) is 1. The number of fused-ring (bicyclic) bond motifs is 1. The molecule has 0 unspecified atom stereocenters. The van der Waals surface area contributed by atoms with E-state index < -0.39 is 5.97 Å². The van der Waals surface area contributed by atoms with Crippen LogP contribution < -0.4 is 0 Å². The Hall–Kier alpha value is -3.20. The van der Waals surface area contributed by atoms with Crippen molar-refractivity contribution in [2.75, 3.05) is 0 Å². The van der Waals surface area contributed by atoms with E-state index in [0.717, 1.165) is 27.5 Å². The molecule has 0 spiro atoms. The first kappa shape index (κ1) is 14.4. The Morgan fingerprint density at radius 3 is 2.50 bits per heavy atom. The molecule has 1 aliphatic heterocycles. The molecule has 1 heterocycles. The lowest BCUT2D eigenvalue weighted by Crippen LogP contribution is -2.06. The molecular formula is C21H15NO2. The standard InChI is InChI=1S/C21H15NO2/c1-14-6-2-5-9-18(14)20-22-19(21(23)24-20)13-15-10-11-16-7-3-4-8-17(16)12-15/h2-13H,1H3. The fraction of sp³-hybridized carbons (Fsp3) is 0.0476. The van der Waals surface area contributed by atoms with E-state index in [-0.39, 0.29) is 0 Å². The van der Waals surface area contributed by atoms with Crippen LogP contribution in [0.5, 0.6) is 0 Å². The van der Waals surface area contributed by atoms with Crippen LogP contribution in [0.4, 0.5) is 0 Å². The maximum Gasteiger partial charge on any atom is 0.363 e. The summed E-state index contributed by atoms with van der Waals surface area (Å²) in [5, 5.41) is 2.29. The van der Waals surface area contributed by atoms with E-state index in [0.29, 0.717) is 11.6 Å². The minimum Gasteiger partial charge on any atom is -0.402 e. The van der Waals surface area contributed by atoms with Crippen molar-refractivity contribution < 1.29 is 9.53 Å². The number of aryl methyl sites for hydroxylation is 1. The first-order chi connectivity index (χ1) is 11.7. The molecule has 0 N–H and O–H groups in total. The number of rotatable bonds is 2. The molecule has 0 bridgehead atoms. The Balaban J connectivity index is 1.73. The quantitative estimate of drug-likeness (QED) is 0.516. The van der Waals surface area contributed by atoms with Gasteiger partial charge in [0.15, 0.2) is 5.70 Å². The lowest BCUT2D eigenvalue weighted by Gasteiger charge is -2.02. The van der Waals surface area contributed by atoms with Gasteiger partial charge in [-0.15, -0.1) is 0 Å². The van der Waals surface area contributed by atoms with Crippen LogP contribution in [0.25, 0.3) is 16.8 Å². The topological polar surface area (TPSA) is 38.7 Å². The van der Waals surface area contributed by atoms with Gasteiger partial charge >= 0.3 is 5.97 Å². The smallest absolute Gasteiger partial charge is 0.363 e. The predicted molar refractivity (Wildman–Crippen MR) is 95.7 cm³/mol. The van der Waals surface area contributed by atoms with Gasteiger partial charge in [-0.05, 0) is 47.0 Å². The van der Waals surface area contributed by atoms with Crippen LogP contribution in [0.1, 0.15) is 16.7 Å². The van der Waals surface area contributed by atoms with Gasteiger partial charge in [0.25, 0.3) is 0 Å². The van der Waals surface area contributed by atoms with Crippen molar-refractivity contribution >= 4 is 28.7 Å². The molecule has 0 saturated heterocycles. The number of carbonyl (C=O) groups is 1. The summed E-state index contributed by atoms with van der Waals surface area (Å²) in [7, 11) is 0. The first-order valence-corrected chi connectivity index (χ1v) is 7.78. The van der Waals surface area contributed by atoms with Crippen LogP contribution in [0.3, 0.4) is 0 Å². The highest BCUT2D eigenvalue weighted by Crippen LogP contribution is 2.22. The summed E-state index contributed by atoms with van der Waals surface area (Å²) in [6, 6.07) is 21.9. The molecular weight excluding hydrogens is 298 g/mol. The monoisotopic (exact) mass is 313 g/mol. The second kappa shape index (κ2) is 5.78. The maximum absolute atomic E-state index is 12.1. The Bertz CT molecular complexity index is 1020. The van der Waals surface area contributed by atoms with Gasteiger partial charge in [-0.25, -0.2) is 9.79 Å². The number of nitrogens with zero attached hydrogens (tertiary/aromatic N) is 1. The molecule has 1 aliphatic rings. The van der Waals surface area contributed by atoms with Crippen LogP contribution in [0, 0.1) is 6.92 Å². The summed E-state index contributed by atoms with van der Waals surface area (Å²) in [6.45, 7) is 1.97. The van der Waals surface area contributed by atoms with Crippen LogP contribution in [0.2, 0.25) is 0 Å². The predicted octanol–water partition coefficient (Wildman–Crippen LogP) is 4.49. The summed E-state index contributed by atoms with van der Waals surface area (Å²) in [4.78, 5) is 16.5. The van der Waals surface area contributed by atoms with Gasteiger partial charge in [0, 0.05) is 5.56 Å². The van der Waals surface area contributed by atoms with Crippen molar-refractivity contribution in [3.05, 3.63) is 89.1 Å². The van der Waals surface area contributed by atoms with Gasteiger partial charge in [0.2, 0.25) is 5.90 Å². The van der Waals surface area contributed by atoms with Gasteiger partial charge < -0.3 is 4.74 Å². The van der Waals surface area contributed by atoms with Gasteiger partial charge in [0.1, 0.15) is 0 Å². The molecule has 0 aromatic heterocycles. The average molecular weight is 313 g/mol. The number of hydrogen-bond donors (Lipinski definition) is 0. The minimum absolute atomic E-state index is 0.323. The Kier molecular flexibility index (Phi) is 3.47. The normalized spacial score (nSPS) is 15.6. The molecule has 0 amide bonds. The molecule has 0 fully saturated rings. The zero-order valence-electron chi connectivity index (χ0n) is 13.2. The number of hydrogen-bond acceptors (Lipinski definition) is 3. The number of aliphatic imine (C=N–C) groups is 1. The summed E-state index contributed by atoms with van der Waals surface area (Å²) in [6.07, 6.45) is 1.76. The summed E-state index contributed by atoms with van der Waals surface area (Å²) < 4.78 is 5.34. The maximum atomic E-state index is 12.1. The van der Waals surface area contributed by atoms with Crippen molar-refractivity contribution in [1.29, 1.82) is 0 Å². The van der Waals surface area contributed by atoms with E-state index in [1.165, 1.54) is 0 Å². The van der Waals surface area contributed by atoms with Gasteiger partial charge in [-0.1, -0.05) is 54.6 Å². The van der Waals surface area contributed by atoms with Gasteiger partial charge in [-0.2, -0.15) is 0 Å². The van der Waals surface area contributed by atoms with E-state index in [1.54, 1.807) is 6.08 Å². The average Bonchev–Trinajstić information content (AvgIpc) is 2.96. The molecule has 3 aromatic carbocycles. The SMILES string of the molecule is Cc1ccccc1C1=NC(=Cc2ccc3ccccc3c2)C(=O)O1. The van der Waals surface area contributed by atoms with Crippen molar-refractivity contribution in [2.45, 2.75) is 6.92 Å². The molecule has 0 atom stereocenters. The molecule has 116 valence electrons. The Labute approximate surface area is 139 Å². The van der Waals surface area contributed by atoms with Crippen LogP contribution in [-0.4, -0.2) is 11.9 Å². The zero-order chi connectivity index (χ0) is 16.5. The fourth-order valence-corrected chi connectivity index (χ4v) is 2.79. The summed E-state index contributed by atoms with van der Waals surface area (Å²) in [5.74, 6) is -0.0495. The minimum atomic E-state index is -0.415. The van der Waals surface area contributed by atoms with E-state index in [1.807, 2.05) is 67.6 Å². The van der Waals surface area contributed by atoms with E-state index in [9.17, 15) is 4.79 Å². The third-order valence-electron chi connectivity index (χ3n) is 4.07. The highest BCUT2D eigenvalue weighted by atomic mass is 16.6. The first-order valence-electron chi connectivity index (χ1n) is 7.78. The highest BCUT2D eigenvalue weighted by molar-refractivity contribution is 6.13. The van der Waals surface area contributed by atoms with Crippen molar-refractivity contribution in [3.63, 3.8) is 0 Å². The zero-order valence-corrected chi connectivity index (χ0v) is 13.2. The highest BCUT2D eigenvalue weighted by Gasteiger charge is 2.24. The molecule has 3 heteroatoms. The molecule has 3 nitrogen and oxygen atoms in total. The van der Waals surface area contributed by atoms with Crippen molar-refractivity contribution in [1.82, 2.24) is 0 Å². The molecule has 24 heavy (non-hydrogen) atoms. The molecule has 0 saturated carbocycles. The summed E-state index contributed by atoms with van der Waals surface area (Å²) >= 11 is 0. The Morgan fingerprint density at radius 1 is 0.917 bits per heavy atom. The van der Waals surface area contributed by atoms with Crippen molar-refractivity contribution in [3.8, 4) is 0 Å². The third-order valence-corrected chi connectivity index (χ3v) is 4.07. The third kappa shape index (κ3) is 2.61. The lowest BCUT2D eigenvalue weighted by molar-refractivity contribution is -0.129. The van der Waals surface area contributed by atoms with E-state index in [4.69, 9.17) is 4.74 Å². The van der Waals surface area contributed by atoms with Gasteiger partial charge in [-0.3, -0.25) is 0 Å². The molecule has 4 rings (SSSR count). The van der Waals surface area contributed by atoms with Gasteiger partial charge in [0.05, 0.1) is 0 Å². The van der Waals surface area contributed by atoms with E-state index >= 15 is 0 Å². The van der Waals surface area contributed by atoms with E-state index in [2.05, 4.69) is 11.1 Å². The number of esters is 1. The Morgan fingerprint density at radius 2 is 1.67 bits per heavy atom. The van der Waals surface area contributed by atoms with Crippen LogP contribution >= 0.6 is 0 Å². The molecule has 3 aromatic rings. The second-order valence-electron chi connectivity index (χ2n) is 5.76. The number of benzene rings is 3. The summed E-state index contributed by atoms with van der Waals surface area (Å²) in [5.41, 5.74) is 3.11. The van der Waals surface area contributed by atoms with Crippen molar-refractivity contribution in [2.24, 2.45) is 4.99 Å². The molecule has 0 radical (unpaired) electrons. The van der Waals surface area contributed by atoms with Crippen LogP contribution in [-0.2, 0) is 9.53 Å². The van der Waals surface area contributed by atoms with Crippen LogP contribution in [0.15, 0.2) is 77.4 Å². The molecule has 0 aliphatic carbocycles. The number of carbonyl (C=O) groups excluding carboxylic acids is 1. The second-order valence-corrected chi connectivity index (χ2v) is 5.76. The largest absolute Gasteiger partial charge is 0.402 e. The number of cyclic esters (lactones) is 1. The fourth-order valence-electron chi connectivity index (χ4n) is 2.79.